The number of hydrogen-bond donors (Lipinski definition) is 0. The highest BCUT2D eigenvalue weighted by atomic mass is 28.3. The van der Waals surface area contributed by atoms with Gasteiger partial charge in [-0.2, -0.15) is 5.10 Å². The molecule has 128 valence electrons. The molecule has 0 aliphatic carbocycles. The maximum absolute atomic E-state index is 6.16. The summed E-state index contributed by atoms with van der Waals surface area (Å²) in [5.41, 5.74) is 4.92. The van der Waals surface area contributed by atoms with Crippen LogP contribution in [-0.4, -0.2) is 24.5 Å². The Morgan fingerprint density at radius 2 is 1.84 bits per heavy atom. The molecule has 0 aliphatic heterocycles. The smallest absolute Gasteiger partial charge is 0.545 e. The molecule has 1 aromatic heterocycles. The molecule has 0 aliphatic rings. The minimum absolute atomic E-state index is 0. The number of para-hydroxylation sites is 1. The SMILES string of the molecule is Cc1cccc(N=C(c2ccccc2)c2cnn(C)c2)c1O[SiH](C)C.[H+]. The fraction of sp³-hybridized carbons (Fsp3) is 0.200. The van der Waals surface area contributed by atoms with E-state index in [4.69, 9.17) is 9.42 Å². The van der Waals surface area contributed by atoms with E-state index in [-0.39, 0.29) is 1.43 Å². The van der Waals surface area contributed by atoms with Crippen molar-refractivity contribution >= 4 is 20.4 Å². The standard InChI is InChI=1S/C20H23N3OSi/c1-15-9-8-12-18(20(15)24-25(3)4)22-19(16-10-6-5-7-11-16)17-13-21-23(2)14-17/h5-14,25H,1-4H3/p+1. The van der Waals surface area contributed by atoms with Gasteiger partial charge in [0.1, 0.15) is 11.4 Å². The second-order valence-electron chi connectivity index (χ2n) is 6.32. The second kappa shape index (κ2) is 7.48. The third-order valence-electron chi connectivity index (χ3n) is 3.80. The third-order valence-corrected chi connectivity index (χ3v) is 4.51. The van der Waals surface area contributed by atoms with Crippen LogP contribution < -0.4 is 4.43 Å². The van der Waals surface area contributed by atoms with Crippen LogP contribution in [0.5, 0.6) is 5.75 Å². The van der Waals surface area contributed by atoms with E-state index in [1.807, 2.05) is 49.8 Å². The third kappa shape index (κ3) is 4.06. The van der Waals surface area contributed by atoms with E-state index in [0.717, 1.165) is 33.8 Å². The monoisotopic (exact) mass is 350 g/mol. The molecule has 0 fully saturated rings. The lowest BCUT2D eigenvalue weighted by atomic mass is 10.1. The summed E-state index contributed by atoms with van der Waals surface area (Å²) in [5, 5.41) is 4.30. The van der Waals surface area contributed by atoms with Crippen LogP contribution in [0.2, 0.25) is 13.1 Å². The first kappa shape index (κ1) is 17.2. The first-order valence-electron chi connectivity index (χ1n) is 8.44. The second-order valence-corrected chi connectivity index (χ2v) is 8.65. The topological polar surface area (TPSA) is 39.4 Å². The van der Waals surface area contributed by atoms with Gasteiger partial charge in [-0.1, -0.05) is 42.5 Å². The summed E-state index contributed by atoms with van der Waals surface area (Å²) in [6, 6.07) is 16.3. The maximum Gasteiger partial charge on any atom is 1.00 e. The molecule has 2 aromatic carbocycles. The molecule has 0 spiro atoms. The fourth-order valence-electron chi connectivity index (χ4n) is 2.67. The lowest BCUT2D eigenvalue weighted by Crippen LogP contribution is -2.12. The Balaban J connectivity index is 0.00000243. The number of aliphatic imine (C=N–C) groups is 1. The van der Waals surface area contributed by atoms with Gasteiger partial charge >= 0.3 is 1.43 Å². The van der Waals surface area contributed by atoms with Gasteiger partial charge in [0.25, 0.3) is 0 Å². The highest BCUT2D eigenvalue weighted by Gasteiger charge is 2.13. The van der Waals surface area contributed by atoms with Crippen molar-refractivity contribution in [1.29, 1.82) is 0 Å². The summed E-state index contributed by atoms with van der Waals surface area (Å²) < 4.78 is 7.96. The van der Waals surface area contributed by atoms with Gasteiger partial charge in [0, 0.05) is 24.4 Å². The minimum Gasteiger partial charge on any atom is -0.545 e. The number of aromatic nitrogens is 2. The average molecular weight is 351 g/mol. The zero-order valence-corrected chi connectivity index (χ0v) is 16.3. The number of nitrogens with zero attached hydrogens (tertiary/aromatic N) is 3. The van der Waals surface area contributed by atoms with Crippen molar-refractivity contribution in [2.45, 2.75) is 20.0 Å². The molecule has 5 heteroatoms. The highest BCUT2D eigenvalue weighted by Crippen LogP contribution is 2.33. The van der Waals surface area contributed by atoms with Crippen molar-refractivity contribution in [3.05, 3.63) is 77.6 Å². The Morgan fingerprint density at radius 3 is 2.48 bits per heavy atom. The molecule has 0 N–H and O–H groups in total. The van der Waals surface area contributed by atoms with Gasteiger partial charge in [0.05, 0.1) is 11.9 Å². The summed E-state index contributed by atoms with van der Waals surface area (Å²) in [6.07, 6.45) is 3.83. The van der Waals surface area contributed by atoms with Crippen molar-refractivity contribution in [1.82, 2.24) is 9.78 Å². The van der Waals surface area contributed by atoms with Crippen molar-refractivity contribution in [2.24, 2.45) is 12.0 Å². The summed E-state index contributed by atoms with van der Waals surface area (Å²) in [4.78, 5) is 4.99. The fourth-order valence-corrected chi connectivity index (χ4v) is 3.45. The maximum atomic E-state index is 6.16. The van der Waals surface area contributed by atoms with Crippen molar-refractivity contribution in [2.75, 3.05) is 0 Å². The average Bonchev–Trinajstić information content (AvgIpc) is 3.02. The molecule has 1 heterocycles. The van der Waals surface area contributed by atoms with E-state index in [9.17, 15) is 0 Å². The molecule has 3 rings (SSSR count). The quantitative estimate of drug-likeness (QED) is 0.506. The molecule has 0 bridgehead atoms. The van der Waals surface area contributed by atoms with Crippen LogP contribution in [0.3, 0.4) is 0 Å². The summed E-state index contributed by atoms with van der Waals surface area (Å²) in [6.45, 7) is 6.40. The van der Waals surface area contributed by atoms with Crippen LogP contribution in [0, 0.1) is 6.92 Å². The number of benzene rings is 2. The number of rotatable bonds is 5. The van der Waals surface area contributed by atoms with E-state index in [2.05, 4.69) is 43.3 Å². The van der Waals surface area contributed by atoms with E-state index in [1.54, 1.807) is 4.68 Å². The molecular formula is C20H24N3OSi+. The Labute approximate surface area is 152 Å². The largest absolute Gasteiger partial charge is 1.00 e. The Hall–Kier alpha value is -2.66. The predicted octanol–water partition coefficient (Wildman–Crippen LogP) is 4.37. The van der Waals surface area contributed by atoms with Gasteiger partial charge in [-0.05, 0) is 31.6 Å². The van der Waals surface area contributed by atoms with Crippen LogP contribution in [0.15, 0.2) is 65.9 Å². The van der Waals surface area contributed by atoms with Crippen LogP contribution in [-0.2, 0) is 7.05 Å². The first-order valence-corrected chi connectivity index (χ1v) is 11.2. The molecule has 0 unspecified atom stereocenters. The molecule has 0 atom stereocenters. The van der Waals surface area contributed by atoms with E-state index in [0.29, 0.717) is 0 Å². The van der Waals surface area contributed by atoms with Crippen LogP contribution in [0.1, 0.15) is 18.1 Å². The van der Waals surface area contributed by atoms with E-state index < -0.39 is 9.04 Å². The van der Waals surface area contributed by atoms with Gasteiger partial charge in [-0.3, -0.25) is 4.68 Å². The molecule has 25 heavy (non-hydrogen) atoms. The summed E-state index contributed by atoms with van der Waals surface area (Å²) in [7, 11) is 0.687. The van der Waals surface area contributed by atoms with Gasteiger partial charge in [0.15, 0.2) is 0 Å². The van der Waals surface area contributed by atoms with Crippen LogP contribution in [0.25, 0.3) is 0 Å². The van der Waals surface area contributed by atoms with Crippen LogP contribution in [0.4, 0.5) is 5.69 Å². The van der Waals surface area contributed by atoms with E-state index in [1.165, 1.54) is 0 Å². The molecule has 4 nitrogen and oxygen atoms in total. The summed E-state index contributed by atoms with van der Waals surface area (Å²) in [5.74, 6) is 0.890. The minimum atomic E-state index is -1.23. The molecule has 0 amide bonds. The molecule has 0 saturated carbocycles. The molecular weight excluding hydrogens is 326 g/mol. The zero-order chi connectivity index (χ0) is 17.8. The normalized spacial score (nSPS) is 11.8. The van der Waals surface area contributed by atoms with Gasteiger partial charge in [0.2, 0.25) is 9.04 Å². The van der Waals surface area contributed by atoms with Gasteiger partial charge < -0.3 is 4.43 Å². The van der Waals surface area contributed by atoms with Crippen molar-refractivity contribution in [3.8, 4) is 5.75 Å². The molecule has 3 aromatic rings. The lowest BCUT2D eigenvalue weighted by Gasteiger charge is -2.15. The Kier molecular flexibility index (Phi) is 5.14. The lowest BCUT2D eigenvalue weighted by molar-refractivity contribution is 0.577. The van der Waals surface area contributed by atoms with Crippen LogP contribution >= 0.6 is 0 Å². The first-order chi connectivity index (χ1) is 12.0. The molecule has 0 radical (unpaired) electrons. The van der Waals surface area contributed by atoms with Crippen molar-refractivity contribution in [3.63, 3.8) is 0 Å². The predicted molar refractivity (Wildman–Crippen MR) is 107 cm³/mol. The highest BCUT2D eigenvalue weighted by molar-refractivity contribution is 6.49. The number of aryl methyl sites for hydroxylation is 2. The number of hydrogen-bond acceptors (Lipinski definition) is 3. The zero-order valence-electron chi connectivity index (χ0n) is 16.1. The van der Waals surface area contributed by atoms with Gasteiger partial charge in [-0.15, -0.1) is 0 Å². The Bertz CT molecular complexity index is 891. The van der Waals surface area contributed by atoms with Crippen molar-refractivity contribution < 1.29 is 5.85 Å². The summed E-state index contributed by atoms with van der Waals surface area (Å²) >= 11 is 0. The Morgan fingerprint density at radius 1 is 1.08 bits per heavy atom. The van der Waals surface area contributed by atoms with Gasteiger partial charge in [-0.25, -0.2) is 4.99 Å². The molecule has 0 saturated heterocycles. The van der Waals surface area contributed by atoms with E-state index >= 15 is 0 Å².